The van der Waals surface area contributed by atoms with E-state index >= 15 is 0 Å². The predicted molar refractivity (Wildman–Crippen MR) is 106 cm³/mol. The van der Waals surface area contributed by atoms with Crippen molar-refractivity contribution < 1.29 is 32.1 Å². The first-order valence-electron chi connectivity index (χ1n) is 8.79. The highest BCUT2D eigenvalue weighted by Crippen LogP contribution is 2.53. The molecule has 0 saturated heterocycles. The molecule has 0 radical (unpaired) electrons. The van der Waals surface area contributed by atoms with Crippen LogP contribution in [0.25, 0.3) is 0 Å². The van der Waals surface area contributed by atoms with E-state index in [0.717, 1.165) is 0 Å². The summed E-state index contributed by atoms with van der Waals surface area (Å²) >= 11 is 0. The first kappa shape index (κ1) is 25.3. The highest BCUT2D eigenvalue weighted by molar-refractivity contribution is 7.57. The Hall–Kier alpha value is -0.676. The molecule has 0 aliphatic rings. The molecule has 0 spiro atoms. The van der Waals surface area contributed by atoms with E-state index in [1.54, 1.807) is 13.8 Å². The molecule has 0 aromatic heterocycles. The van der Waals surface area contributed by atoms with E-state index < -0.39 is 36.3 Å². The fourth-order valence-corrected chi connectivity index (χ4v) is 10.3. The number of hydrogen-bond donors (Lipinski definition) is 0. The summed E-state index contributed by atoms with van der Waals surface area (Å²) in [6.45, 7) is 15.3. The van der Waals surface area contributed by atoms with Gasteiger partial charge in [-0.2, -0.15) is 0 Å². The van der Waals surface area contributed by atoms with Crippen molar-refractivity contribution in [1.29, 1.82) is 0 Å². The molecule has 8 nitrogen and oxygen atoms in total. The Morgan fingerprint density at radius 1 is 0.885 bits per heavy atom. The van der Waals surface area contributed by atoms with Gasteiger partial charge in [-0.15, -0.1) is 0 Å². The van der Waals surface area contributed by atoms with Gasteiger partial charge in [0.25, 0.3) is 0 Å². The van der Waals surface area contributed by atoms with Gasteiger partial charge >= 0.3 is 19.7 Å². The lowest BCUT2D eigenvalue weighted by Crippen LogP contribution is -2.38. The molecule has 0 N–H and O–H groups in total. The van der Waals surface area contributed by atoms with Crippen LogP contribution in [0.2, 0.25) is 39.3 Å². The van der Waals surface area contributed by atoms with Crippen LogP contribution in [0.5, 0.6) is 0 Å². The van der Waals surface area contributed by atoms with Crippen molar-refractivity contribution in [2.75, 3.05) is 26.0 Å². The van der Waals surface area contributed by atoms with Gasteiger partial charge in [0.2, 0.25) is 0 Å². The summed E-state index contributed by atoms with van der Waals surface area (Å²) < 4.78 is 35.0. The van der Waals surface area contributed by atoms with Gasteiger partial charge in [0.15, 0.2) is 16.6 Å². The molecule has 11 heteroatoms. The van der Waals surface area contributed by atoms with E-state index in [4.69, 9.17) is 17.9 Å². The van der Waals surface area contributed by atoms with Crippen LogP contribution in [-0.2, 0) is 27.3 Å². The second-order valence-electron chi connectivity index (χ2n) is 7.68. The van der Waals surface area contributed by atoms with Crippen LogP contribution in [-0.4, -0.2) is 59.6 Å². The quantitative estimate of drug-likeness (QED) is 0.276. The van der Waals surface area contributed by atoms with E-state index in [1.165, 1.54) is 4.90 Å². The van der Waals surface area contributed by atoms with Gasteiger partial charge in [-0.3, -0.25) is 14.3 Å². The number of hydrogen-bond acceptors (Lipinski definition) is 7. The molecule has 0 heterocycles. The lowest BCUT2D eigenvalue weighted by Gasteiger charge is -2.34. The average molecular weight is 428 g/mol. The Morgan fingerprint density at radius 2 is 1.35 bits per heavy atom. The first-order chi connectivity index (χ1) is 11.7. The summed E-state index contributed by atoms with van der Waals surface area (Å²) in [5.41, 5.74) is 0. The third-order valence-electron chi connectivity index (χ3n) is 2.59. The van der Waals surface area contributed by atoms with E-state index in [2.05, 4.69) is 0 Å². The van der Waals surface area contributed by atoms with Crippen LogP contribution in [0.4, 0.5) is 4.79 Å². The fourth-order valence-electron chi connectivity index (χ4n) is 2.01. The Morgan fingerprint density at radius 3 is 1.73 bits per heavy atom. The number of carbonyl (C=O) groups excluding carboxylic acids is 2. The molecular weight excluding hydrogens is 393 g/mol. The van der Waals surface area contributed by atoms with Crippen LogP contribution in [0, 0.1) is 0 Å². The normalized spacial score (nSPS) is 12.6. The maximum absolute atomic E-state index is 13.4. The molecule has 1 amide bonds. The van der Waals surface area contributed by atoms with Gasteiger partial charge in [0.1, 0.15) is 6.29 Å². The number of amides is 1. The monoisotopic (exact) mass is 427 g/mol. The topological polar surface area (TPSA) is 91.4 Å². The molecule has 0 aliphatic heterocycles. The van der Waals surface area contributed by atoms with E-state index in [0.29, 0.717) is 0 Å². The van der Waals surface area contributed by atoms with Crippen molar-refractivity contribution in [3.05, 3.63) is 0 Å². The zero-order chi connectivity index (χ0) is 20.6. The second-order valence-corrected chi connectivity index (χ2v) is 19.1. The Labute approximate surface area is 159 Å². The zero-order valence-electron chi connectivity index (χ0n) is 17.3. The van der Waals surface area contributed by atoms with Crippen molar-refractivity contribution in [2.45, 2.75) is 59.6 Å². The van der Waals surface area contributed by atoms with Crippen LogP contribution in [0.3, 0.4) is 0 Å². The lowest BCUT2D eigenvalue weighted by atomic mass is 10.4. The molecule has 0 rings (SSSR count). The summed E-state index contributed by atoms with van der Waals surface area (Å²) in [5, 5.41) is 0. The van der Waals surface area contributed by atoms with Gasteiger partial charge in [-0.05, 0) is 53.1 Å². The zero-order valence-corrected chi connectivity index (χ0v) is 20.2. The molecular formula is C15H34NO7PSi2. The Kier molecular flexibility index (Phi) is 10.3. The van der Waals surface area contributed by atoms with Gasteiger partial charge in [0.05, 0.1) is 19.6 Å². The summed E-state index contributed by atoms with van der Waals surface area (Å²) in [7, 11) is -7.99. The molecule has 0 unspecified atom stereocenters. The maximum Gasteiger partial charge on any atom is 0.410 e. The van der Waals surface area contributed by atoms with Crippen molar-refractivity contribution in [3.63, 3.8) is 0 Å². The van der Waals surface area contributed by atoms with Crippen LogP contribution in [0.1, 0.15) is 20.3 Å². The number of rotatable bonds is 11. The number of ether oxygens (including phenoxy) is 2. The van der Waals surface area contributed by atoms with Gasteiger partial charge in [-0.25, -0.2) is 4.79 Å². The molecule has 0 aromatic carbocycles. The summed E-state index contributed by atoms with van der Waals surface area (Å²) in [5.74, 6) is -0.436. The standard InChI is InChI=1S/C15H34NO7PSi2/c1-9-20-14(17)11-12-16(15(18)21-10-2)13-24(19,22-25(3,4)5)23-26(6,7)8/h9-13H2,1-8H3. The third kappa shape index (κ3) is 11.8. The number of carbonyl (C=O) groups is 2. The first-order valence-corrected chi connectivity index (χ1v) is 17.3. The van der Waals surface area contributed by atoms with E-state index in [-0.39, 0.29) is 32.5 Å². The van der Waals surface area contributed by atoms with Gasteiger partial charge in [0, 0.05) is 6.54 Å². The molecule has 0 aromatic rings. The summed E-state index contributed by atoms with van der Waals surface area (Å²) in [6, 6.07) is 0. The number of nitrogens with zero attached hydrogens (tertiary/aromatic N) is 1. The Bertz CT molecular complexity index is 497. The molecule has 0 saturated carbocycles. The minimum absolute atomic E-state index is 0.0196. The molecule has 154 valence electrons. The average Bonchev–Trinajstić information content (AvgIpc) is 2.39. The maximum atomic E-state index is 13.4. The highest BCUT2D eigenvalue weighted by Gasteiger charge is 2.39. The van der Waals surface area contributed by atoms with E-state index in [9.17, 15) is 14.2 Å². The molecule has 0 aliphatic carbocycles. The SMILES string of the molecule is CCOC(=O)CCN(CP(=O)(O[Si](C)(C)C)O[Si](C)(C)C)C(=O)OCC. The Balaban J connectivity index is 5.41. The van der Waals surface area contributed by atoms with Crippen molar-refractivity contribution in [3.8, 4) is 0 Å². The fraction of sp³-hybridized carbons (Fsp3) is 0.867. The number of esters is 1. The lowest BCUT2D eigenvalue weighted by molar-refractivity contribution is -0.143. The van der Waals surface area contributed by atoms with Crippen molar-refractivity contribution in [2.24, 2.45) is 0 Å². The van der Waals surface area contributed by atoms with Crippen LogP contribution < -0.4 is 0 Å². The molecule has 0 atom stereocenters. The van der Waals surface area contributed by atoms with E-state index in [1.807, 2.05) is 39.3 Å². The smallest absolute Gasteiger partial charge is 0.410 e. The minimum atomic E-state index is -3.57. The molecule has 0 bridgehead atoms. The van der Waals surface area contributed by atoms with Crippen molar-refractivity contribution in [1.82, 2.24) is 4.90 Å². The van der Waals surface area contributed by atoms with Crippen molar-refractivity contribution >= 4 is 36.3 Å². The predicted octanol–water partition coefficient (Wildman–Crippen LogP) is 4.25. The van der Waals surface area contributed by atoms with Crippen LogP contribution >= 0.6 is 7.60 Å². The summed E-state index contributed by atoms with van der Waals surface area (Å²) in [4.78, 5) is 25.1. The third-order valence-corrected chi connectivity index (χ3v) is 9.88. The largest absolute Gasteiger partial charge is 0.466 e. The molecule has 26 heavy (non-hydrogen) atoms. The van der Waals surface area contributed by atoms with Crippen LogP contribution in [0.15, 0.2) is 0 Å². The minimum Gasteiger partial charge on any atom is -0.466 e. The van der Waals surface area contributed by atoms with Gasteiger partial charge in [-0.1, -0.05) is 0 Å². The molecule has 0 fully saturated rings. The summed E-state index contributed by atoms with van der Waals surface area (Å²) in [6.07, 6.45) is -0.929. The van der Waals surface area contributed by atoms with Gasteiger partial charge < -0.3 is 17.9 Å². The highest BCUT2D eigenvalue weighted by atomic mass is 31.2. The second kappa shape index (κ2) is 10.6.